The van der Waals surface area contributed by atoms with Gasteiger partial charge in [0.1, 0.15) is 11.2 Å². The van der Waals surface area contributed by atoms with Crippen LogP contribution in [0.5, 0.6) is 0 Å². The third kappa shape index (κ3) is 5.01. The van der Waals surface area contributed by atoms with E-state index in [0.29, 0.717) is 0 Å². The Labute approximate surface area is 314 Å². The molecule has 1 nitrogen and oxygen atoms in total. The molecule has 1 heterocycles. The lowest BCUT2D eigenvalue weighted by Gasteiger charge is -2.20. The average molecular weight is 689 g/mol. The molecule has 0 radical (unpaired) electrons. The van der Waals surface area contributed by atoms with Gasteiger partial charge in [0.2, 0.25) is 0 Å². The van der Waals surface area contributed by atoms with E-state index in [9.17, 15) is 0 Å². The van der Waals surface area contributed by atoms with Gasteiger partial charge in [0, 0.05) is 16.3 Å². The number of hydrogen-bond donors (Lipinski definition) is 0. The lowest BCUT2D eigenvalue weighted by molar-refractivity contribution is 0.667. The molecule has 0 N–H and O–H groups in total. The van der Waals surface area contributed by atoms with Crippen molar-refractivity contribution in [2.24, 2.45) is 0 Å². The Bertz CT molecular complexity index is 3190. The van der Waals surface area contributed by atoms with Crippen molar-refractivity contribution in [1.29, 1.82) is 0 Å². The molecule has 0 spiro atoms. The summed E-state index contributed by atoms with van der Waals surface area (Å²) in [7, 11) is 0. The maximum atomic E-state index is 6.70. The minimum absolute atomic E-state index is 0.889. The Balaban J connectivity index is 1.33. The molecular formula is C53H36O. The third-order valence-corrected chi connectivity index (χ3v) is 11.0. The first-order valence-corrected chi connectivity index (χ1v) is 18.6. The minimum atomic E-state index is 0.889. The van der Waals surface area contributed by atoms with Crippen LogP contribution in [0.4, 0.5) is 0 Å². The fourth-order valence-electron chi connectivity index (χ4n) is 8.63. The standard InChI is InChI=1S/C53H36O/c1-3-17-35-18-4-6-21-38(35)34(2)48-32-37(33-49-42-24-14-15-31-50(42)54-53(48)49)51-44-26-10-12-28-46(44)52(47-29-13-11-27-45(47)51)43-25-9-8-23-41(43)40-30-16-20-36-19-5-7-22-39(36)40/h3-33H,1H2,2H3/b35-17-,38-34+. The van der Waals surface area contributed by atoms with Crippen molar-refractivity contribution in [2.75, 3.05) is 0 Å². The van der Waals surface area contributed by atoms with Crippen LogP contribution in [0, 0.1) is 0 Å². The summed E-state index contributed by atoms with van der Waals surface area (Å²) in [5.74, 6) is 0. The van der Waals surface area contributed by atoms with Crippen LogP contribution < -0.4 is 10.4 Å². The second kappa shape index (κ2) is 12.9. The van der Waals surface area contributed by atoms with Crippen LogP contribution in [0.3, 0.4) is 0 Å². The molecule has 10 aromatic rings. The van der Waals surface area contributed by atoms with E-state index < -0.39 is 0 Å². The average Bonchev–Trinajstić information content (AvgIpc) is 3.61. The lowest BCUT2D eigenvalue weighted by Crippen LogP contribution is -2.26. The molecule has 0 amide bonds. The predicted molar refractivity (Wildman–Crippen MR) is 231 cm³/mol. The van der Waals surface area contributed by atoms with Gasteiger partial charge in [-0.1, -0.05) is 176 Å². The highest BCUT2D eigenvalue weighted by molar-refractivity contribution is 6.24. The number of allylic oxidation sites excluding steroid dienone is 1. The molecule has 0 bridgehead atoms. The van der Waals surface area contributed by atoms with Gasteiger partial charge in [-0.05, 0) is 107 Å². The largest absolute Gasteiger partial charge is 0.455 e. The Morgan fingerprint density at radius 1 is 0.481 bits per heavy atom. The maximum Gasteiger partial charge on any atom is 0.142 e. The number of fused-ring (bicyclic) bond motifs is 6. The fraction of sp³-hybridized carbons (Fsp3) is 0.0189. The minimum Gasteiger partial charge on any atom is -0.455 e. The van der Waals surface area contributed by atoms with Gasteiger partial charge in [-0.3, -0.25) is 0 Å². The van der Waals surface area contributed by atoms with Crippen molar-refractivity contribution in [3.8, 4) is 33.4 Å². The van der Waals surface area contributed by atoms with Crippen molar-refractivity contribution in [3.05, 3.63) is 205 Å². The molecule has 54 heavy (non-hydrogen) atoms. The van der Waals surface area contributed by atoms with Crippen LogP contribution in [-0.2, 0) is 0 Å². The van der Waals surface area contributed by atoms with Crippen LogP contribution in [0.2, 0.25) is 0 Å². The van der Waals surface area contributed by atoms with Crippen molar-refractivity contribution < 1.29 is 4.42 Å². The number of rotatable bonds is 5. The third-order valence-electron chi connectivity index (χ3n) is 11.0. The van der Waals surface area contributed by atoms with Crippen LogP contribution in [0.15, 0.2) is 193 Å². The van der Waals surface area contributed by atoms with E-state index in [1.54, 1.807) is 0 Å². The van der Waals surface area contributed by atoms with E-state index in [1.165, 1.54) is 60.1 Å². The molecule has 0 fully saturated rings. The summed E-state index contributed by atoms with van der Waals surface area (Å²) in [4.78, 5) is 0. The molecule has 10 rings (SSSR count). The van der Waals surface area contributed by atoms with Gasteiger partial charge < -0.3 is 4.42 Å². The lowest BCUT2D eigenvalue weighted by atomic mass is 9.82. The normalized spacial score (nSPS) is 12.6. The summed E-state index contributed by atoms with van der Waals surface area (Å²) in [6, 6.07) is 63.7. The smallest absolute Gasteiger partial charge is 0.142 e. The molecule has 0 aliphatic carbocycles. The van der Waals surface area contributed by atoms with Crippen molar-refractivity contribution in [2.45, 2.75) is 6.92 Å². The van der Waals surface area contributed by atoms with Gasteiger partial charge in [0.05, 0.1) is 0 Å². The highest BCUT2D eigenvalue weighted by atomic mass is 16.3. The van der Waals surface area contributed by atoms with Crippen LogP contribution >= 0.6 is 0 Å². The fourth-order valence-corrected chi connectivity index (χ4v) is 8.63. The Hall–Kier alpha value is -6.96. The second-order valence-corrected chi connectivity index (χ2v) is 14.0. The number of hydrogen-bond acceptors (Lipinski definition) is 1. The van der Waals surface area contributed by atoms with E-state index in [0.717, 1.165) is 49.1 Å². The van der Waals surface area contributed by atoms with Gasteiger partial charge >= 0.3 is 0 Å². The van der Waals surface area contributed by atoms with E-state index in [4.69, 9.17) is 4.42 Å². The van der Waals surface area contributed by atoms with Gasteiger partial charge in [0.15, 0.2) is 0 Å². The van der Waals surface area contributed by atoms with Crippen LogP contribution in [-0.4, -0.2) is 0 Å². The molecule has 9 aromatic carbocycles. The Kier molecular flexibility index (Phi) is 7.59. The van der Waals surface area contributed by atoms with E-state index in [-0.39, 0.29) is 0 Å². The molecule has 254 valence electrons. The molecule has 1 aromatic heterocycles. The highest BCUT2D eigenvalue weighted by Gasteiger charge is 2.22. The summed E-state index contributed by atoms with van der Waals surface area (Å²) in [6.45, 7) is 6.21. The maximum absolute atomic E-state index is 6.70. The summed E-state index contributed by atoms with van der Waals surface area (Å²) in [5.41, 5.74) is 11.4. The number of para-hydroxylation sites is 1. The predicted octanol–water partition coefficient (Wildman–Crippen LogP) is 13.2. The summed E-state index contributed by atoms with van der Waals surface area (Å²) in [6.07, 6.45) is 3.94. The summed E-state index contributed by atoms with van der Waals surface area (Å²) in [5, 5.41) is 11.9. The monoisotopic (exact) mass is 688 g/mol. The van der Waals surface area contributed by atoms with Crippen LogP contribution in [0.25, 0.3) is 99.3 Å². The van der Waals surface area contributed by atoms with E-state index in [1.807, 2.05) is 12.1 Å². The number of benzene rings is 9. The van der Waals surface area contributed by atoms with E-state index >= 15 is 0 Å². The number of furan rings is 1. The Morgan fingerprint density at radius 2 is 1.04 bits per heavy atom. The Morgan fingerprint density at radius 3 is 1.78 bits per heavy atom. The zero-order chi connectivity index (χ0) is 36.2. The molecule has 0 unspecified atom stereocenters. The van der Waals surface area contributed by atoms with Crippen LogP contribution in [0.1, 0.15) is 12.5 Å². The first-order valence-electron chi connectivity index (χ1n) is 18.6. The summed E-state index contributed by atoms with van der Waals surface area (Å²) < 4.78 is 6.70. The molecule has 0 aliphatic heterocycles. The second-order valence-electron chi connectivity index (χ2n) is 14.0. The van der Waals surface area contributed by atoms with Gasteiger partial charge in [-0.2, -0.15) is 0 Å². The molecular weight excluding hydrogens is 653 g/mol. The molecule has 0 saturated carbocycles. The van der Waals surface area contributed by atoms with E-state index in [2.05, 4.69) is 189 Å². The molecule has 0 saturated heterocycles. The van der Waals surface area contributed by atoms with Crippen molar-refractivity contribution in [1.82, 2.24) is 0 Å². The quantitative estimate of drug-likeness (QED) is 0.164. The van der Waals surface area contributed by atoms with Gasteiger partial charge in [-0.25, -0.2) is 0 Å². The molecule has 0 aliphatic rings. The highest BCUT2D eigenvalue weighted by Crippen LogP contribution is 2.48. The van der Waals surface area contributed by atoms with Crippen molar-refractivity contribution in [3.63, 3.8) is 0 Å². The SMILES string of the molecule is C=C/C=c1/cccc/c1=C(/C)c1cc(-c2c3ccccc3c(-c3ccccc3-c3cccc4ccccc34)c3ccccc23)cc2c1oc1ccccc12. The molecule has 0 atom stereocenters. The molecule has 1 heteroatoms. The zero-order valence-corrected chi connectivity index (χ0v) is 30.0. The van der Waals surface area contributed by atoms with Crippen molar-refractivity contribution >= 4 is 65.9 Å². The zero-order valence-electron chi connectivity index (χ0n) is 30.0. The topological polar surface area (TPSA) is 13.1 Å². The first kappa shape index (κ1) is 31.7. The van der Waals surface area contributed by atoms with Gasteiger partial charge in [0.25, 0.3) is 0 Å². The van der Waals surface area contributed by atoms with Gasteiger partial charge in [-0.15, -0.1) is 0 Å². The summed E-state index contributed by atoms with van der Waals surface area (Å²) >= 11 is 0. The first-order chi connectivity index (χ1) is 26.7.